The van der Waals surface area contributed by atoms with Crippen molar-refractivity contribution in [3.8, 4) is 0 Å². The number of urea groups is 1. The molecule has 0 unspecified atom stereocenters. The summed E-state index contributed by atoms with van der Waals surface area (Å²) in [5.41, 5.74) is 6.67. The number of benzene rings is 1. The number of hydrogen-bond donors (Lipinski definition) is 1. The standard InChI is InChI=1S/C12H12N2O2/c13-12(16)14-7-6-10(11(14)15)8-9-4-2-1-3-5-9/h1-5,8H,6-7H2,(H2,13,16). The van der Waals surface area contributed by atoms with Gasteiger partial charge in [0, 0.05) is 12.1 Å². The highest BCUT2D eigenvalue weighted by atomic mass is 16.2. The average molecular weight is 216 g/mol. The van der Waals surface area contributed by atoms with Crippen LogP contribution in [0.4, 0.5) is 4.79 Å². The molecule has 2 rings (SSSR count). The van der Waals surface area contributed by atoms with Gasteiger partial charge in [0.25, 0.3) is 5.91 Å². The quantitative estimate of drug-likeness (QED) is 0.721. The van der Waals surface area contributed by atoms with Gasteiger partial charge in [0.2, 0.25) is 0 Å². The number of hydrogen-bond acceptors (Lipinski definition) is 2. The van der Waals surface area contributed by atoms with Crippen molar-refractivity contribution in [1.82, 2.24) is 4.90 Å². The van der Waals surface area contributed by atoms with Gasteiger partial charge in [0.1, 0.15) is 0 Å². The molecule has 3 amide bonds. The molecule has 0 atom stereocenters. The highest BCUT2D eigenvalue weighted by Gasteiger charge is 2.29. The van der Waals surface area contributed by atoms with Gasteiger partial charge >= 0.3 is 6.03 Å². The lowest BCUT2D eigenvalue weighted by Crippen LogP contribution is -2.36. The summed E-state index contributed by atoms with van der Waals surface area (Å²) in [6.45, 7) is 0.382. The molecule has 0 radical (unpaired) electrons. The number of likely N-dealkylation sites (tertiary alicyclic amines) is 1. The number of carbonyl (C=O) groups is 2. The molecule has 4 nitrogen and oxygen atoms in total. The van der Waals surface area contributed by atoms with Crippen LogP contribution < -0.4 is 5.73 Å². The van der Waals surface area contributed by atoms with Crippen molar-refractivity contribution in [3.63, 3.8) is 0 Å². The number of nitrogens with zero attached hydrogens (tertiary/aromatic N) is 1. The van der Waals surface area contributed by atoms with Crippen LogP contribution in [-0.2, 0) is 4.79 Å². The maximum absolute atomic E-state index is 11.7. The second kappa shape index (κ2) is 4.18. The topological polar surface area (TPSA) is 63.4 Å². The van der Waals surface area contributed by atoms with Crippen molar-refractivity contribution in [2.45, 2.75) is 6.42 Å². The smallest absolute Gasteiger partial charge is 0.321 e. The van der Waals surface area contributed by atoms with Gasteiger partial charge < -0.3 is 5.73 Å². The molecule has 2 N–H and O–H groups in total. The van der Waals surface area contributed by atoms with E-state index < -0.39 is 6.03 Å². The Morgan fingerprint density at radius 2 is 2.00 bits per heavy atom. The lowest BCUT2D eigenvalue weighted by molar-refractivity contribution is -0.122. The van der Waals surface area contributed by atoms with Crippen molar-refractivity contribution in [1.29, 1.82) is 0 Å². The Balaban J connectivity index is 2.22. The summed E-state index contributed by atoms with van der Waals surface area (Å²) in [6, 6.07) is 8.85. The Morgan fingerprint density at radius 3 is 2.56 bits per heavy atom. The summed E-state index contributed by atoms with van der Waals surface area (Å²) in [5.74, 6) is -0.281. The lowest BCUT2D eigenvalue weighted by atomic mass is 10.1. The third-order valence-corrected chi connectivity index (χ3v) is 2.53. The molecule has 1 fully saturated rings. The molecule has 0 spiro atoms. The summed E-state index contributed by atoms with van der Waals surface area (Å²) in [5, 5.41) is 0. The van der Waals surface area contributed by atoms with E-state index in [0.717, 1.165) is 10.5 Å². The summed E-state index contributed by atoms with van der Waals surface area (Å²) in [4.78, 5) is 23.7. The molecule has 1 aromatic rings. The third-order valence-electron chi connectivity index (χ3n) is 2.53. The molecular weight excluding hydrogens is 204 g/mol. The lowest BCUT2D eigenvalue weighted by Gasteiger charge is -2.07. The first-order valence-electron chi connectivity index (χ1n) is 5.05. The van der Waals surface area contributed by atoms with E-state index in [1.54, 1.807) is 6.08 Å². The van der Waals surface area contributed by atoms with Crippen LogP contribution in [0.25, 0.3) is 6.08 Å². The van der Waals surface area contributed by atoms with E-state index in [1.807, 2.05) is 30.3 Å². The van der Waals surface area contributed by atoms with Gasteiger partial charge in [-0.25, -0.2) is 4.79 Å². The Labute approximate surface area is 93.3 Å². The molecule has 1 saturated heterocycles. The maximum atomic E-state index is 11.7. The predicted octanol–water partition coefficient (Wildman–Crippen LogP) is 1.38. The van der Waals surface area contributed by atoms with Gasteiger partial charge in [0.15, 0.2) is 0 Å². The monoisotopic (exact) mass is 216 g/mol. The van der Waals surface area contributed by atoms with E-state index in [9.17, 15) is 9.59 Å². The second-order valence-corrected chi connectivity index (χ2v) is 3.63. The molecule has 0 saturated carbocycles. The molecule has 1 aromatic carbocycles. The molecule has 0 aliphatic carbocycles. The van der Waals surface area contributed by atoms with E-state index in [1.165, 1.54) is 0 Å². The Morgan fingerprint density at radius 1 is 1.31 bits per heavy atom. The van der Waals surface area contributed by atoms with Gasteiger partial charge in [0.05, 0.1) is 0 Å². The zero-order valence-corrected chi connectivity index (χ0v) is 8.72. The van der Waals surface area contributed by atoms with Crippen LogP contribution in [-0.4, -0.2) is 23.4 Å². The normalized spacial score (nSPS) is 18.1. The number of imide groups is 1. The number of carbonyl (C=O) groups excluding carboxylic acids is 2. The number of rotatable bonds is 1. The van der Waals surface area contributed by atoms with E-state index in [4.69, 9.17) is 5.73 Å². The van der Waals surface area contributed by atoms with Crippen LogP contribution in [0.1, 0.15) is 12.0 Å². The van der Waals surface area contributed by atoms with Crippen LogP contribution in [0.2, 0.25) is 0 Å². The predicted molar refractivity (Wildman–Crippen MR) is 60.3 cm³/mol. The molecule has 0 bridgehead atoms. The van der Waals surface area contributed by atoms with E-state index in [2.05, 4.69) is 0 Å². The molecule has 1 heterocycles. The van der Waals surface area contributed by atoms with Gasteiger partial charge in [-0.05, 0) is 18.1 Å². The molecule has 82 valence electrons. The van der Waals surface area contributed by atoms with Gasteiger partial charge in [-0.2, -0.15) is 0 Å². The first-order chi connectivity index (χ1) is 7.68. The van der Waals surface area contributed by atoms with Crippen LogP contribution in [0, 0.1) is 0 Å². The largest absolute Gasteiger partial charge is 0.351 e. The summed E-state index contributed by atoms with van der Waals surface area (Å²) >= 11 is 0. The number of primary amides is 1. The third kappa shape index (κ3) is 1.95. The zero-order valence-electron chi connectivity index (χ0n) is 8.72. The maximum Gasteiger partial charge on any atom is 0.321 e. The highest BCUT2D eigenvalue weighted by Crippen LogP contribution is 2.19. The number of nitrogens with two attached hydrogens (primary N) is 1. The van der Waals surface area contributed by atoms with E-state index in [0.29, 0.717) is 18.5 Å². The van der Waals surface area contributed by atoms with Crippen molar-refractivity contribution in [2.75, 3.05) is 6.54 Å². The van der Waals surface area contributed by atoms with E-state index >= 15 is 0 Å². The van der Waals surface area contributed by atoms with Gasteiger partial charge in [-0.3, -0.25) is 9.69 Å². The Kier molecular flexibility index (Phi) is 2.72. The number of amides is 3. The van der Waals surface area contributed by atoms with E-state index in [-0.39, 0.29) is 5.91 Å². The fourth-order valence-corrected chi connectivity index (χ4v) is 1.71. The molecule has 1 aliphatic rings. The van der Waals surface area contributed by atoms with Crippen molar-refractivity contribution in [3.05, 3.63) is 41.5 Å². The van der Waals surface area contributed by atoms with Gasteiger partial charge in [-0.15, -0.1) is 0 Å². The average Bonchev–Trinajstić information content (AvgIpc) is 2.62. The van der Waals surface area contributed by atoms with Gasteiger partial charge in [-0.1, -0.05) is 30.3 Å². The highest BCUT2D eigenvalue weighted by molar-refractivity contribution is 6.07. The summed E-state index contributed by atoms with van der Waals surface area (Å²) in [6.07, 6.45) is 2.36. The first kappa shape index (κ1) is 10.4. The molecular formula is C12H12N2O2. The van der Waals surface area contributed by atoms with Crippen LogP contribution >= 0.6 is 0 Å². The molecule has 16 heavy (non-hydrogen) atoms. The minimum atomic E-state index is -0.679. The summed E-state index contributed by atoms with van der Waals surface area (Å²) in [7, 11) is 0. The molecule has 0 aromatic heterocycles. The van der Waals surface area contributed by atoms with Crippen LogP contribution in [0.5, 0.6) is 0 Å². The van der Waals surface area contributed by atoms with Crippen LogP contribution in [0.3, 0.4) is 0 Å². The SMILES string of the molecule is NC(=O)N1CCC(=Cc2ccccc2)C1=O. The van der Waals surface area contributed by atoms with Crippen molar-refractivity contribution < 1.29 is 9.59 Å². The minimum absolute atomic E-state index is 0.281. The van der Waals surface area contributed by atoms with Crippen LogP contribution in [0.15, 0.2) is 35.9 Å². The zero-order chi connectivity index (χ0) is 11.5. The first-order valence-corrected chi connectivity index (χ1v) is 5.05. The molecule has 1 aliphatic heterocycles. The molecule has 4 heteroatoms. The Hall–Kier alpha value is -2.10. The van der Waals surface area contributed by atoms with Crippen molar-refractivity contribution in [2.24, 2.45) is 5.73 Å². The fourth-order valence-electron chi connectivity index (χ4n) is 1.71. The Bertz CT molecular complexity index is 451. The minimum Gasteiger partial charge on any atom is -0.351 e. The fraction of sp³-hybridized carbons (Fsp3) is 0.167. The summed E-state index contributed by atoms with van der Waals surface area (Å²) < 4.78 is 0. The van der Waals surface area contributed by atoms with Crippen molar-refractivity contribution >= 4 is 18.0 Å². The second-order valence-electron chi connectivity index (χ2n) is 3.63.